The van der Waals surface area contributed by atoms with Crippen LogP contribution in [0.15, 0.2) is 29.9 Å². The van der Waals surface area contributed by atoms with Gasteiger partial charge in [0.15, 0.2) is 0 Å². The number of hydrogen-bond donors (Lipinski definition) is 0. The number of thiazole rings is 1. The van der Waals surface area contributed by atoms with Crippen molar-refractivity contribution in [2.24, 2.45) is 0 Å². The molecule has 0 radical (unpaired) electrons. The molecule has 1 fully saturated rings. The fourth-order valence-corrected chi connectivity index (χ4v) is 4.29. The van der Waals surface area contributed by atoms with Gasteiger partial charge in [-0.2, -0.15) is 0 Å². The van der Waals surface area contributed by atoms with E-state index in [2.05, 4.69) is 41.0 Å². The molecule has 1 unspecified atom stereocenters. The van der Waals surface area contributed by atoms with E-state index in [0.29, 0.717) is 11.6 Å². The minimum Gasteiger partial charge on any atom is -0.367 e. The first-order valence-corrected chi connectivity index (χ1v) is 9.90. The third kappa shape index (κ3) is 3.41. The highest BCUT2D eigenvalue weighted by Crippen LogP contribution is 2.33. The van der Waals surface area contributed by atoms with Crippen LogP contribution in [0.25, 0.3) is 10.9 Å². The molecule has 0 N–H and O–H groups in total. The van der Waals surface area contributed by atoms with Gasteiger partial charge in [0, 0.05) is 27.7 Å². The molecule has 136 valence electrons. The lowest BCUT2D eigenvalue weighted by molar-refractivity contribution is 0.0393. The number of hydrogen-bond acceptors (Lipinski definition) is 6. The Morgan fingerprint density at radius 3 is 2.88 bits per heavy atom. The molecule has 5 nitrogen and oxygen atoms in total. The van der Waals surface area contributed by atoms with Gasteiger partial charge in [-0.05, 0) is 18.2 Å². The molecule has 0 aliphatic carbocycles. The van der Waals surface area contributed by atoms with Crippen molar-refractivity contribution < 1.29 is 4.74 Å². The molecule has 0 bridgehead atoms. The van der Waals surface area contributed by atoms with Crippen LogP contribution in [0.2, 0.25) is 5.02 Å². The highest BCUT2D eigenvalue weighted by molar-refractivity contribution is 7.09. The van der Waals surface area contributed by atoms with Gasteiger partial charge >= 0.3 is 0 Å². The third-order valence-electron chi connectivity index (χ3n) is 4.51. The van der Waals surface area contributed by atoms with Gasteiger partial charge in [0.25, 0.3) is 0 Å². The highest BCUT2D eigenvalue weighted by atomic mass is 35.5. The average Bonchev–Trinajstić information content (AvgIpc) is 3.11. The second-order valence-electron chi connectivity index (χ2n) is 7.49. The van der Waals surface area contributed by atoms with Gasteiger partial charge in [0.1, 0.15) is 23.3 Å². The molecular weight excluding hydrogens is 368 g/mol. The van der Waals surface area contributed by atoms with Gasteiger partial charge in [0.2, 0.25) is 0 Å². The van der Waals surface area contributed by atoms with Gasteiger partial charge in [-0.1, -0.05) is 32.4 Å². The lowest BCUT2D eigenvalue weighted by Crippen LogP contribution is -2.39. The lowest BCUT2D eigenvalue weighted by atomic mass is 9.93. The number of nitrogens with zero attached hydrogens (tertiary/aromatic N) is 4. The average molecular weight is 389 g/mol. The van der Waals surface area contributed by atoms with Crippen molar-refractivity contribution >= 4 is 39.7 Å². The Balaban J connectivity index is 1.62. The molecule has 3 heterocycles. The van der Waals surface area contributed by atoms with Crippen molar-refractivity contribution in [2.45, 2.75) is 32.3 Å². The zero-order valence-corrected chi connectivity index (χ0v) is 16.6. The van der Waals surface area contributed by atoms with Gasteiger partial charge < -0.3 is 9.64 Å². The van der Waals surface area contributed by atoms with Gasteiger partial charge in [-0.3, -0.25) is 0 Å². The molecule has 7 heteroatoms. The first-order valence-electron chi connectivity index (χ1n) is 8.64. The van der Waals surface area contributed by atoms with Crippen molar-refractivity contribution in [3.63, 3.8) is 0 Å². The van der Waals surface area contributed by atoms with E-state index in [-0.39, 0.29) is 11.5 Å². The van der Waals surface area contributed by atoms with E-state index in [1.54, 1.807) is 17.7 Å². The molecule has 2 aromatic heterocycles. The standard InChI is InChI=1S/C19H21ClN4OS/c1-19(2,3)16-10-26-18(23-16)15-9-24(6-7-25-15)17-13-5-4-12(20)8-14(13)21-11-22-17/h4-5,8,10-11,15H,6-7,9H2,1-3H3. The van der Waals surface area contributed by atoms with E-state index in [1.807, 2.05) is 18.2 Å². The number of ether oxygens (including phenoxy) is 1. The van der Waals surface area contributed by atoms with Crippen LogP contribution in [0.4, 0.5) is 5.82 Å². The molecule has 1 saturated heterocycles. The molecule has 26 heavy (non-hydrogen) atoms. The molecule has 1 aliphatic heterocycles. The van der Waals surface area contributed by atoms with Crippen LogP contribution in [-0.4, -0.2) is 34.6 Å². The quantitative estimate of drug-likeness (QED) is 0.641. The summed E-state index contributed by atoms with van der Waals surface area (Å²) in [7, 11) is 0. The lowest BCUT2D eigenvalue weighted by Gasteiger charge is -2.33. The monoisotopic (exact) mass is 388 g/mol. The summed E-state index contributed by atoms with van der Waals surface area (Å²) in [6.45, 7) is 8.71. The number of halogens is 1. The maximum Gasteiger partial charge on any atom is 0.140 e. The van der Waals surface area contributed by atoms with Crippen molar-refractivity contribution in [3.05, 3.63) is 45.6 Å². The molecule has 1 aliphatic rings. The Kier molecular flexibility index (Phi) is 4.59. The fourth-order valence-electron chi connectivity index (χ4n) is 3.04. The van der Waals surface area contributed by atoms with Crippen molar-refractivity contribution in [2.75, 3.05) is 24.6 Å². The van der Waals surface area contributed by atoms with E-state index in [0.717, 1.165) is 40.5 Å². The van der Waals surface area contributed by atoms with E-state index >= 15 is 0 Å². The van der Waals surface area contributed by atoms with Crippen LogP contribution < -0.4 is 4.90 Å². The Morgan fingerprint density at radius 2 is 2.12 bits per heavy atom. The SMILES string of the molecule is CC(C)(C)c1csc(C2CN(c3ncnc4cc(Cl)ccc34)CCO2)n1. The summed E-state index contributed by atoms with van der Waals surface area (Å²) in [4.78, 5) is 16.0. The van der Waals surface area contributed by atoms with Crippen LogP contribution in [-0.2, 0) is 10.2 Å². The second-order valence-corrected chi connectivity index (χ2v) is 8.81. The van der Waals surface area contributed by atoms with Crippen LogP contribution in [0, 0.1) is 0 Å². The number of fused-ring (bicyclic) bond motifs is 1. The summed E-state index contributed by atoms with van der Waals surface area (Å²) in [5, 5.41) is 4.85. The Bertz CT molecular complexity index is 937. The van der Waals surface area contributed by atoms with Crippen LogP contribution in [0.3, 0.4) is 0 Å². The molecule has 3 aromatic rings. The van der Waals surface area contributed by atoms with Crippen molar-refractivity contribution in [1.82, 2.24) is 15.0 Å². The largest absolute Gasteiger partial charge is 0.367 e. The summed E-state index contributed by atoms with van der Waals surface area (Å²) in [5.74, 6) is 0.924. The van der Waals surface area contributed by atoms with E-state index in [4.69, 9.17) is 21.3 Å². The summed E-state index contributed by atoms with van der Waals surface area (Å²) in [6, 6.07) is 5.74. The molecular formula is C19H21ClN4OS. The smallest absolute Gasteiger partial charge is 0.140 e. The summed E-state index contributed by atoms with van der Waals surface area (Å²) < 4.78 is 6.01. The van der Waals surface area contributed by atoms with Crippen molar-refractivity contribution in [1.29, 1.82) is 0 Å². The molecule has 0 saturated carbocycles. The van der Waals surface area contributed by atoms with Crippen LogP contribution >= 0.6 is 22.9 Å². The summed E-state index contributed by atoms with van der Waals surface area (Å²) in [5.41, 5.74) is 2.01. The van der Waals surface area contributed by atoms with Gasteiger partial charge in [-0.25, -0.2) is 15.0 Å². The number of anilines is 1. The van der Waals surface area contributed by atoms with Crippen molar-refractivity contribution in [3.8, 4) is 0 Å². The summed E-state index contributed by atoms with van der Waals surface area (Å²) >= 11 is 7.77. The molecule has 0 spiro atoms. The predicted molar refractivity (Wildman–Crippen MR) is 106 cm³/mol. The van der Waals surface area contributed by atoms with Crippen LogP contribution in [0.5, 0.6) is 0 Å². The summed E-state index contributed by atoms with van der Waals surface area (Å²) in [6.07, 6.45) is 1.56. The maximum absolute atomic E-state index is 6.10. The van der Waals surface area contributed by atoms with Gasteiger partial charge in [-0.15, -0.1) is 11.3 Å². The number of rotatable bonds is 2. The molecule has 1 aromatic carbocycles. The minimum absolute atomic E-state index is 0.0397. The van der Waals surface area contributed by atoms with Crippen LogP contribution in [0.1, 0.15) is 37.6 Å². The molecule has 1 atom stereocenters. The fraction of sp³-hybridized carbons (Fsp3) is 0.421. The highest BCUT2D eigenvalue weighted by Gasteiger charge is 2.28. The third-order valence-corrected chi connectivity index (χ3v) is 5.68. The predicted octanol–water partition coefficient (Wildman–Crippen LogP) is 4.62. The minimum atomic E-state index is -0.0397. The Morgan fingerprint density at radius 1 is 1.27 bits per heavy atom. The number of aromatic nitrogens is 3. The topological polar surface area (TPSA) is 51.1 Å². The Labute approximate surface area is 162 Å². The normalized spacial score (nSPS) is 18.5. The molecule has 4 rings (SSSR count). The zero-order chi connectivity index (χ0) is 18.3. The Hall–Kier alpha value is -1.76. The van der Waals surface area contributed by atoms with E-state index in [1.165, 1.54) is 0 Å². The second kappa shape index (κ2) is 6.76. The first kappa shape index (κ1) is 17.6. The number of benzene rings is 1. The van der Waals surface area contributed by atoms with E-state index in [9.17, 15) is 0 Å². The van der Waals surface area contributed by atoms with E-state index < -0.39 is 0 Å². The first-order chi connectivity index (χ1) is 12.4. The maximum atomic E-state index is 6.10. The molecule has 0 amide bonds. The van der Waals surface area contributed by atoms with Gasteiger partial charge in [0.05, 0.1) is 24.4 Å². The zero-order valence-electron chi connectivity index (χ0n) is 15.1. The number of morpholine rings is 1.